The number of nitro groups is 1. The minimum Gasteiger partial charge on any atom is -0.477 e. The summed E-state index contributed by atoms with van der Waals surface area (Å²) in [6.07, 6.45) is 2.32. The van der Waals surface area contributed by atoms with E-state index < -0.39 is 4.92 Å². The number of hydrogen-bond acceptors (Lipinski definition) is 5. The molecule has 0 heterocycles. The quantitative estimate of drug-likeness (QED) is 0.573. The summed E-state index contributed by atoms with van der Waals surface area (Å²) in [7, 11) is 1.48. The lowest BCUT2D eigenvalue weighted by Crippen LogP contribution is -2.25. The van der Waals surface area contributed by atoms with Gasteiger partial charge < -0.3 is 15.4 Å². The average Bonchev–Trinajstić information content (AvgIpc) is 3.26. The Morgan fingerprint density at radius 2 is 2.25 bits per heavy atom. The van der Waals surface area contributed by atoms with Crippen molar-refractivity contribution in [1.82, 2.24) is 10.6 Å². The summed E-state index contributed by atoms with van der Waals surface area (Å²) in [6.45, 7) is 0.359. The molecule has 108 valence electrons. The van der Waals surface area contributed by atoms with Crippen LogP contribution in [0.1, 0.15) is 18.4 Å². The van der Waals surface area contributed by atoms with Gasteiger partial charge in [0.1, 0.15) is 0 Å². The van der Waals surface area contributed by atoms with E-state index in [0.29, 0.717) is 12.6 Å². The van der Waals surface area contributed by atoms with Crippen LogP contribution in [0.4, 0.5) is 5.69 Å². The number of likely N-dealkylation sites (N-methyl/N-ethyl adjacent to an activating group) is 1. The van der Waals surface area contributed by atoms with Gasteiger partial charge in [-0.15, -0.1) is 0 Å². The van der Waals surface area contributed by atoms with Gasteiger partial charge in [0.05, 0.1) is 4.92 Å². The summed E-state index contributed by atoms with van der Waals surface area (Å²) in [4.78, 5) is 21.6. The monoisotopic (exact) mass is 279 g/mol. The number of nitrogens with one attached hydrogen (secondary N) is 2. The maximum atomic E-state index is 11.1. The fourth-order valence-corrected chi connectivity index (χ4v) is 1.70. The highest BCUT2D eigenvalue weighted by atomic mass is 16.6. The van der Waals surface area contributed by atoms with E-state index in [-0.39, 0.29) is 24.0 Å². The average molecular weight is 279 g/mol. The van der Waals surface area contributed by atoms with Crippen molar-refractivity contribution in [2.45, 2.75) is 25.4 Å². The van der Waals surface area contributed by atoms with E-state index in [9.17, 15) is 14.9 Å². The summed E-state index contributed by atoms with van der Waals surface area (Å²) < 4.78 is 5.17. The standard InChI is InChI=1S/C13H17N3O4/c1-14-13(17)8-20-12-5-2-9(6-11(12)16(18)19)7-15-10-3-4-10/h2,5-6,10,15H,3-4,7-8H2,1H3,(H,14,17). The van der Waals surface area contributed by atoms with Crippen molar-refractivity contribution in [3.8, 4) is 5.75 Å². The summed E-state index contributed by atoms with van der Waals surface area (Å²) in [5.74, 6) is -0.229. The van der Waals surface area contributed by atoms with Crippen LogP contribution in [0.15, 0.2) is 18.2 Å². The number of ether oxygens (including phenoxy) is 1. The molecule has 0 spiro atoms. The second-order valence-electron chi connectivity index (χ2n) is 4.68. The molecule has 2 rings (SSSR count). The molecule has 1 saturated carbocycles. The van der Waals surface area contributed by atoms with Crippen LogP contribution in [0.2, 0.25) is 0 Å². The highest BCUT2D eigenvalue weighted by Gasteiger charge is 2.21. The lowest BCUT2D eigenvalue weighted by atomic mass is 10.2. The van der Waals surface area contributed by atoms with Gasteiger partial charge in [-0.1, -0.05) is 6.07 Å². The van der Waals surface area contributed by atoms with Gasteiger partial charge in [-0.2, -0.15) is 0 Å². The number of benzene rings is 1. The second-order valence-corrected chi connectivity index (χ2v) is 4.68. The van der Waals surface area contributed by atoms with Gasteiger partial charge in [0.15, 0.2) is 12.4 Å². The molecule has 1 aromatic rings. The highest BCUT2D eigenvalue weighted by Crippen LogP contribution is 2.28. The van der Waals surface area contributed by atoms with E-state index in [4.69, 9.17) is 4.74 Å². The number of carbonyl (C=O) groups is 1. The van der Waals surface area contributed by atoms with Gasteiger partial charge in [0.2, 0.25) is 0 Å². The van der Waals surface area contributed by atoms with Crippen LogP contribution in [0.3, 0.4) is 0 Å². The third-order valence-electron chi connectivity index (χ3n) is 3.03. The molecule has 1 aliphatic carbocycles. The fraction of sp³-hybridized carbons (Fsp3) is 0.462. The predicted molar refractivity (Wildman–Crippen MR) is 72.5 cm³/mol. The predicted octanol–water partition coefficient (Wildman–Crippen LogP) is 0.972. The van der Waals surface area contributed by atoms with Gasteiger partial charge in [0.25, 0.3) is 5.91 Å². The van der Waals surface area contributed by atoms with Crippen LogP contribution in [-0.2, 0) is 11.3 Å². The first kappa shape index (κ1) is 14.3. The number of hydrogen-bond donors (Lipinski definition) is 2. The van der Waals surface area contributed by atoms with Crippen molar-refractivity contribution >= 4 is 11.6 Å². The van der Waals surface area contributed by atoms with Crippen LogP contribution < -0.4 is 15.4 Å². The summed E-state index contributed by atoms with van der Waals surface area (Å²) in [5, 5.41) is 16.7. The molecule has 20 heavy (non-hydrogen) atoms. The molecule has 0 bridgehead atoms. The molecule has 0 radical (unpaired) electrons. The molecular weight excluding hydrogens is 262 g/mol. The first-order chi connectivity index (χ1) is 9.60. The number of amides is 1. The van der Waals surface area contributed by atoms with Crippen molar-refractivity contribution in [2.24, 2.45) is 0 Å². The molecule has 1 amide bonds. The van der Waals surface area contributed by atoms with Crippen LogP contribution >= 0.6 is 0 Å². The third kappa shape index (κ3) is 3.92. The molecule has 2 N–H and O–H groups in total. The molecule has 0 saturated heterocycles. The van der Waals surface area contributed by atoms with Gasteiger partial charge in [0, 0.05) is 25.7 Å². The fourth-order valence-electron chi connectivity index (χ4n) is 1.70. The molecule has 7 heteroatoms. The minimum absolute atomic E-state index is 0.105. The molecule has 7 nitrogen and oxygen atoms in total. The zero-order valence-electron chi connectivity index (χ0n) is 11.2. The SMILES string of the molecule is CNC(=O)COc1ccc(CNC2CC2)cc1[N+](=O)[O-]. The molecule has 0 aliphatic heterocycles. The maximum Gasteiger partial charge on any atom is 0.311 e. The maximum absolute atomic E-state index is 11.1. The van der Waals surface area contributed by atoms with Gasteiger partial charge in [-0.25, -0.2) is 0 Å². The summed E-state index contributed by atoms with van der Waals surface area (Å²) >= 11 is 0. The van der Waals surface area contributed by atoms with E-state index in [1.165, 1.54) is 19.2 Å². The molecule has 0 atom stereocenters. The lowest BCUT2D eigenvalue weighted by Gasteiger charge is -2.08. The zero-order chi connectivity index (χ0) is 14.5. The Kier molecular flexibility index (Phi) is 4.52. The molecular formula is C13H17N3O4. The number of rotatable bonds is 7. The number of carbonyl (C=O) groups excluding carboxylic acids is 1. The molecule has 1 aliphatic rings. The Hall–Kier alpha value is -2.15. The largest absolute Gasteiger partial charge is 0.477 e. The zero-order valence-corrected chi connectivity index (χ0v) is 11.2. The van der Waals surface area contributed by atoms with E-state index >= 15 is 0 Å². The molecule has 1 aromatic carbocycles. The van der Waals surface area contributed by atoms with Crippen LogP contribution in [0.25, 0.3) is 0 Å². The van der Waals surface area contributed by atoms with Crippen LogP contribution in [-0.4, -0.2) is 30.5 Å². The Morgan fingerprint density at radius 1 is 1.50 bits per heavy atom. The Bertz CT molecular complexity index is 514. The van der Waals surface area contributed by atoms with E-state index in [1.807, 2.05) is 0 Å². The van der Waals surface area contributed by atoms with E-state index in [1.54, 1.807) is 6.07 Å². The first-order valence-electron chi connectivity index (χ1n) is 6.44. The van der Waals surface area contributed by atoms with E-state index in [2.05, 4.69) is 10.6 Å². The van der Waals surface area contributed by atoms with E-state index in [0.717, 1.165) is 18.4 Å². The second kappa shape index (κ2) is 6.33. The van der Waals surface area contributed by atoms with Gasteiger partial charge in [-0.05, 0) is 24.5 Å². The van der Waals surface area contributed by atoms with Crippen LogP contribution in [0, 0.1) is 10.1 Å². The van der Waals surface area contributed by atoms with Crippen molar-refractivity contribution in [3.63, 3.8) is 0 Å². The molecule has 0 unspecified atom stereocenters. The van der Waals surface area contributed by atoms with Crippen molar-refractivity contribution in [2.75, 3.05) is 13.7 Å². The first-order valence-corrected chi connectivity index (χ1v) is 6.44. The Morgan fingerprint density at radius 3 is 2.85 bits per heavy atom. The molecule has 1 fully saturated rings. The van der Waals surface area contributed by atoms with Crippen molar-refractivity contribution in [1.29, 1.82) is 0 Å². The highest BCUT2D eigenvalue weighted by molar-refractivity contribution is 5.77. The van der Waals surface area contributed by atoms with Gasteiger partial charge in [-0.3, -0.25) is 14.9 Å². The van der Waals surface area contributed by atoms with Crippen LogP contribution in [0.5, 0.6) is 5.75 Å². The topological polar surface area (TPSA) is 93.5 Å². The Balaban J connectivity index is 2.05. The molecule has 0 aromatic heterocycles. The summed E-state index contributed by atoms with van der Waals surface area (Å²) in [5.41, 5.74) is 0.708. The smallest absolute Gasteiger partial charge is 0.311 e. The normalized spacial score (nSPS) is 13.8. The number of nitro benzene ring substituents is 1. The Labute approximate surface area is 116 Å². The van der Waals surface area contributed by atoms with Crippen molar-refractivity contribution < 1.29 is 14.5 Å². The number of nitrogens with zero attached hydrogens (tertiary/aromatic N) is 1. The van der Waals surface area contributed by atoms with Gasteiger partial charge >= 0.3 is 5.69 Å². The minimum atomic E-state index is -0.500. The summed E-state index contributed by atoms with van der Waals surface area (Å²) in [6, 6.07) is 5.32. The lowest BCUT2D eigenvalue weighted by molar-refractivity contribution is -0.385. The van der Waals surface area contributed by atoms with Crippen molar-refractivity contribution in [3.05, 3.63) is 33.9 Å². The third-order valence-corrected chi connectivity index (χ3v) is 3.03.